The predicted octanol–water partition coefficient (Wildman–Crippen LogP) is 4.69. The van der Waals surface area contributed by atoms with Crippen LogP contribution in [-0.2, 0) is 10.2 Å². The molecule has 0 aromatic heterocycles. The maximum atomic E-state index is 13.6. The van der Waals surface area contributed by atoms with Gasteiger partial charge in [0.2, 0.25) is 5.91 Å². The molecule has 2 aromatic rings. The van der Waals surface area contributed by atoms with E-state index in [1.165, 1.54) is 0 Å². The highest BCUT2D eigenvalue weighted by molar-refractivity contribution is 14.1. The molecule has 2 heterocycles. The summed E-state index contributed by atoms with van der Waals surface area (Å²) >= 11 is 2.31. The third-order valence-corrected chi connectivity index (χ3v) is 5.63. The number of amides is 1. The maximum Gasteiger partial charge on any atom is 0.247 e. The zero-order chi connectivity index (χ0) is 17.3. The van der Waals surface area contributed by atoms with Crippen molar-refractivity contribution in [3.63, 3.8) is 0 Å². The molecule has 2 aliphatic heterocycles. The number of hydrogen-bond acceptors (Lipinski definition) is 2. The van der Waals surface area contributed by atoms with Crippen LogP contribution < -0.4 is 4.90 Å². The average molecular weight is 430 g/mol. The molecule has 2 aromatic carbocycles. The minimum atomic E-state index is -0.792. The summed E-state index contributed by atoms with van der Waals surface area (Å²) in [4.78, 5) is 20.3. The van der Waals surface area contributed by atoms with Gasteiger partial charge < -0.3 is 4.90 Å². The molecule has 0 fully saturated rings. The molecule has 1 unspecified atom stereocenters. The topological polar surface area (TPSA) is 32.7 Å². The van der Waals surface area contributed by atoms with Crippen molar-refractivity contribution in [2.45, 2.75) is 26.2 Å². The van der Waals surface area contributed by atoms with Gasteiger partial charge in [0.25, 0.3) is 0 Å². The number of carbonyl (C=O) groups excluding carboxylic acids is 1. The summed E-state index contributed by atoms with van der Waals surface area (Å²) in [6.45, 7) is 6.41. The van der Waals surface area contributed by atoms with Crippen LogP contribution in [0.25, 0.3) is 0 Å². The van der Waals surface area contributed by atoms with Gasteiger partial charge in [0.15, 0.2) is 0 Å². The summed E-state index contributed by atoms with van der Waals surface area (Å²) < 4.78 is 1.12. The van der Waals surface area contributed by atoms with E-state index in [0.29, 0.717) is 0 Å². The first-order valence-electron chi connectivity index (χ1n) is 8.05. The van der Waals surface area contributed by atoms with Crippen molar-refractivity contribution >= 4 is 45.6 Å². The minimum absolute atomic E-state index is 0.0955. The number of rotatable bonds is 0. The molecule has 0 saturated carbocycles. The van der Waals surface area contributed by atoms with Gasteiger partial charge in [-0.2, -0.15) is 0 Å². The first kappa shape index (κ1) is 15.8. The molecule has 0 radical (unpaired) electrons. The number of benzene rings is 2. The summed E-state index contributed by atoms with van der Waals surface area (Å²) in [6, 6.07) is 14.3. The Bertz CT molecular complexity index is 910. The third kappa shape index (κ3) is 1.83. The van der Waals surface area contributed by atoms with Crippen LogP contribution in [0.4, 0.5) is 11.4 Å². The van der Waals surface area contributed by atoms with Crippen LogP contribution in [0.1, 0.15) is 31.9 Å². The SMILES string of the molecule is CN1C(=O)C2(C(C(C)(C)C)=Nc3ccc(I)cc32)c2ccccc21. The second-order valence-corrected chi connectivity index (χ2v) is 8.75. The first-order chi connectivity index (χ1) is 11.3. The van der Waals surface area contributed by atoms with E-state index < -0.39 is 5.41 Å². The van der Waals surface area contributed by atoms with Crippen LogP contribution in [0.15, 0.2) is 47.5 Å². The van der Waals surface area contributed by atoms with Crippen molar-refractivity contribution in [1.82, 2.24) is 0 Å². The smallest absolute Gasteiger partial charge is 0.247 e. The lowest BCUT2D eigenvalue weighted by molar-refractivity contribution is -0.119. The Balaban J connectivity index is 2.14. The highest BCUT2D eigenvalue weighted by Gasteiger charge is 2.60. The monoisotopic (exact) mass is 430 g/mol. The fourth-order valence-electron chi connectivity index (χ4n) is 4.02. The molecule has 1 amide bonds. The van der Waals surface area contributed by atoms with Crippen molar-refractivity contribution in [1.29, 1.82) is 0 Å². The van der Waals surface area contributed by atoms with Crippen molar-refractivity contribution in [2.75, 3.05) is 11.9 Å². The van der Waals surface area contributed by atoms with E-state index in [1.807, 2.05) is 31.3 Å². The van der Waals surface area contributed by atoms with Gasteiger partial charge in [0.1, 0.15) is 5.41 Å². The number of halogens is 1. The Labute approximate surface area is 155 Å². The van der Waals surface area contributed by atoms with Gasteiger partial charge in [-0.15, -0.1) is 0 Å². The molecule has 122 valence electrons. The molecule has 0 aliphatic carbocycles. The van der Waals surface area contributed by atoms with Crippen molar-refractivity contribution in [3.05, 3.63) is 57.2 Å². The molecule has 0 N–H and O–H groups in total. The summed E-state index contributed by atoms with van der Waals surface area (Å²) in [5, 5.41) is 0. The molecular weight excluding hydrogens is 411 g/mol. The van der Waals surface area contributed by atoms with Crippen LogP contribution in [0.5, 0.6) is 0 Å². The van der Waals surface area contributed by atoms with Gasteiger partial charge in [-0.05, 0) is 46.9 Å². The summed E-state index contributed by atoms with van der Waals surface area (Å²) in [7, 11) is 1.86. The van der Waals surface area contributed by atoms with Gasteiger partial charge in [-0.1, -0.05) is 39.0 Å². The minimum Gasteiger partial charge on any atom is -0.314 e. The van der Waals surface area contributed by atoms with Crippen LogP contribution in [0, 0.1) is 8.99 Å². The number of nitrogens with zero attached hydrogens (tertiary/aromatic N) is 2. The molecule has 0 saturated heterocycles. The highest BCUT2D eigenvalue weighted by atomic mass is 127. The molecule has 4 rings (SSSR count). The standard InChI is InChI=1S/C20H19IN2O/c1-19(2,3)17-20(14-11-12(21)9-10-15(14)22-17)13-7-5-6-8-16(13)23(4)18(20)24/h5-11H,1-4H3. The van der Waals surface area contributed by atoms with Gasteiger partial charge in [0.05, 0.1) is 5.69 Å². The van der Waals surface area contributed by atoms with E-state index in [2.05, 4.69) is 61.6 Å². The van der Waals surface area contributed by atoms with Crippen molar-refractivity contribution in [2.24, 2.45) is 10.4 Å². The Morgan fingerprint density at radius 1 is 1.08 bits per heavy atom. The molecule has 3 nitrogen and oxygen atoms in total. The number of likely N-dealkylation sites (N-methyl/N-ethyl adjacent to an activating group) is 1. The number of fused-ring (bicyclic) bond motifs is 4. The average Bonchev–Trinajstić information content (AvgIpc) is 2.98. The van der Waals surface area contributed by atoms with Gasteiger partial charge in [-0.25, -0.2) is 0 Å². The Hall–Kier alpha value is -1.69. The number of anilines is 1. The summed E-state index contributed by atoms with van der Waals surface area (Å²) in [5.41, 5.74) is 3.89. The van der Waals surface area contributed by atoms with E-state index in [1.54, 1.807) is 4.90 Å². The molecule has 0 bridgehead atoms. The van der Waals surface area contributed by atoms with Crippen LogP contribution >= 0.6 is 22.6 Å². The lowest BCUT2D eigenvalue weighted by Gasteiger charge is -2.33. The quantitative estimate of drug-likeness (QED) is 0.559. The highest BCUT2D eigenvalue weighted by Crippen LogP contribution is 2.55. The number of para-hydroxylation sites is 1. The number of aliphatic imine (C=N–C) groups is 1. The van der Waals surface area contributed by atoms with Crippen LogP contribution in [-0.4, -0.2) is 18.7 Å². The zero-order valence-corrected chi connectivity index (χ0v) is 16.4. The van der Waals surface area contributed by atoms with Crippen molar-refractivity contribution in [3.8, 4) is 0 Å². The summed E-state index contributed by atoms with van der Waals surface area (Å²) in [5.74, 6) is 0.0955. The molecule has 24 heavy (non-hydrogen) atoms. The summed E-state index contributed by atoms with van der Waals surface area (Å²) in [6.07, 6.45) is 0. The van der Waals surface area contributed by atoms with Gasteiger partial charge >= 0.3 is 0 Å². The van der Waals surface area contributed by atoms with E-state index in [9.17, 15) is 4.79 Å². The second-order valence-electron chi connectivity index (χ2n) is 7.50. The Morgan fingerprint density at radius 2 is 1.79 bits per heavy atom. The Kier molecular flexibility index (Phi) is 3.24. The predicted molar refractivity (Wildman–Crippen MR) is 106 cm³/mol. The van der Waals surface area contributed by atoms with Crippen LogP contribution in [0.2, 0.25) is 0 Å². The first-order valence-corrected chi connectivity index (χ1v) is 9.13. The maximum absolute atomic E-state index is 13.6. The normalized spacial score (nSPS) is 22.0. The van der Waals surface area contributed by atoms with Gasteiger partial charge in [0, 0.05) is 38.6 Å². The zero-order valence-electron chi connectivity index (χ0n) is 14.2. The van der Waals surface area contributed by atoms with E-state index in [-0.39, 0.29) is 11.3 Å². The molecule has 2 aliphatic rings. The van der Waals surface area contributed by atoms with E-state index in [0.717, 1.165) is 31.8 Å². The fourth-order valence-corrected chi connectivity index (χ4v) is 4.51. The largest absolute Gasteiger partial charge is 0.314 e. The number of carbonyl (C=O) groups is 1. The fraction of sp³-hybridized carbons (Fsp3) is 0.300. The van der Waals surface area contributed by atoms with Crippen LogP contribution in [0.3, 0.4) is 0 Å². The van der Waals surface area contributed by atoms with E-state index >= 15 is 0 Å². The third-order valence-electron chi connectivity index (χ3n) is 4.96. The number of hydrogen-bond donors (Lipinski definition) is 0. The van der Waals surface area contributed by atoms with Gasteiger partial charge in [-0.3, -0.25) is 9.79 Å². The lowest BCUT2D eigenvalue weighted by Crippen LogP contribution is -2.48. The second kappa shape index (κ2) is 4.91. The molecule has 1 atom stereocenters. The lowest BCUT2D eigenvalue weighted by atomic mass is 9.66. The molecule has 1 spiro atoms. The molecule has 4 heteroatoms. The Morgan fingerprint density at radius 3 is 2.50 bits per heavy atom. The molecular formula is C20H19IN2O. The van der Waals surface area contributed by atoms with E-state index in [4.69, 9.17) is 4.99 Å². The van der Waals surface area contributed by atoms with Crippen molar-refractivity contribution < 1.29 is 4.79 Å².